The van der Waals surface area contributed by atoms with Gasteiger partial charge in [0.15, 0.2) is 0 Å². The number of nitrogens with zero attached hydrogens (tertiary/aromatic N) is 1. The standard InChI is InChI=1S/C13H22N2O3S/c1-3-11-6-5-9-15(11)19(16,17)13-8-7-12(18-13)10-14-4-2/h7-8,11,14H,3-6,9-10H2,1-2H3. The lowest BCUT2D eigenvalue weighted by Crippen LogP contribution is -2.34. The van der Waals surface area contributed by atoms with E-state index < -0.39 is 10.0 Å². The normalized spacial score (nSPS) is 21.1. The third kappa shape index (κ3) is 3.01. The molecule has 1 unspecified atom stereocenters. The summed E-state index contributed by atoms with van der Waals surface area (Å²) in [5.74, 6) is 0.660. The molecule has 108 valence electrons. The number of hydrogen-bond acceptors (Lipinski definition) is 4. The van der Waals surface area contributed by atoms with E-state index in [2.05, 4.69) is 5.32 Å². The van der Waals surface area contributed by atoms with Crippen LogP contribution in [-0.2, 0) is 16.6 Å². The zero-order chi connectivity index (χ0) is 13.9. The summed E-state index contributed by atoms with van der Waals surface area (Å²) in [5.41, 5.74) is 0. The minimum atomic E-state index is -3.47. The predicted octanol–water partition coefficient (Wildman–Crippen LogP) is 1.95. The van der Waals surface area contributed by atoms with Crippen LogP contribution in [0.4, 0.5) is 0 Å². The van der Waals surface area contributed by atoms with Gasteiger partial charge in [0.2, 0.25) is 5.09 Å². The quantitative estimate of drug-likeness (QED) is 0.868. The van der Waals surface area contributed by atoms with Crippen LogP contribution in [0.1, 0.15) is 38.9 Å². The van der Waals surface area contributed by atoms with E-state index in [-0.39, 0.29) is 11.1 Å². The van der Waals surface area contributed by atoms with Crippen LogP contribution in [0.25, 0.3) is 0 Å². The number of nitrogens with one attached hydrogen (secondary N) is 1. The van der Waals surface area contributed by atoms with Crippen molar-refractivity contribution in [1.82, 2.24) is 9.62 Å². The molecule has 0 bridgehead atoms. The summed E-state index contributed by atoms with van der Waals surface area (Å²) in [6.07, 6.45) is 2.73. The van der Waals surface area contributed by atoms with E-state index in [1.54, 1.807) is 16.4 Å². The molecule has 1 aliphatic heterocycles. The van der Waals surface area contributed by atoms with Crippen LogP contribution >= 0.6 is 0 Å². The van der Waals surface area contributed by atoms with Crippen molar-refractivity contribution in [3.05, 3.63) is 17.9 Å². The van der Waals surface area contributed by atoms with Crippen molar-refractivity contribution in [3.63, 3.8) is 0 Å². The first-order valence-corrected chi connectivity index (χ1v) is 8.34. The zero-order valence-electron chi connectivity index (χ0n) is 11.6. The lowest BCUT2D eigenvalue weighted by atomic mass is 10.2. The summed E-state index contributed by atoms with van der Waals surface area (Å²) in [7, 11) is -3.47. The minimum absolute atomic E-state index is 0.0701. The number of sulfonamides is 1. The van der Waals surface area contributed by atoms with Gasteiger partial charge in [0, 0.05) is 12.6 Å². The molecule has 0 saturated carbocycles. The van der Waals surface area contributed by atoms with Crippen molar-refractivity contribution in [2.75, 3.05) is 13.1 Å². The highest BCUT2D eigenvalue weighted by Gasteiger charge is 2.36. The minimum Gasteiger partial charge on any atom is -0.447 e. The van der Waals surface area contributed by atoms with Crippen LogP contribution in [0, 0.1) is 0 Å². The van der Waals surface area contributed by atoms with E-state index in [4.69, 9.17) is 4.42 Å². The average molecular weight is 286 g/mol. The fraction of sp³-hybridized carbons (Fsp3) is 0.692. The van der Waals surface area contributed by atoms with Crippen LogP contribution in [0.2, 0.25) is 0 Å². The summed E-state index contributed by atoms with van der Waals surface area (Å²) >= 11 is 0. The topological polar surface area (TPSA) is 62.6 Å². The molecule has 1 atom stereocenters. The lowest BCUT2D eigenvalue weighted by Gasteiger charge is -2.21. The Hall–Kier alpha value is -0.850. The van der Waals surface area contributed by atoms with E-state index in [1.807, 2.05) is 13.8 Å². The highest BCUT2D eigenvalue weighted by molar-refractivity contribution is 7.89. The van der Waals surface area contributed by atoms with E-state index in [9.17, 15) is 8.42 Å². The Morgan fingerprint density at radius 2 is 2.21 bits per heavy atom. The molecule has 0 radical (unpaired) electrons. The molecule has 0 aromatic carbocycles. The molecule has 1 aliphatic rings. The molecular formula is C13H22N2O3S. The second-order valence-corrected chi connectivity index (χ2v) is 6.64. The first kappa shape index (κ1) is 14.6. The number of hydrogen-bond donors (Lipinski definition) is 1. The van der Waals surface area contributed by atoms with Gasteiger partial charge in [-0.1, -0.05) is 13.8 Å². The van der Waals surface area contributed by atoms with Crippen molar-refractivity contribution >= 4 is 10.0 Å². The first-order valence-electron chi connectivity index (χ1n) is 6.90. The SMILES string of the molecule is CCNCc1ccc(S(=O)(=O)N2CCCC2CC)o1. The Labute approximate surface area is 115 Å². The van der Waals surface area contributed by atoms with Gasteiger partial charge in [-0.15, -0.1) is 0 Å². The predicted molar refractivity (Wildman–Crippen MR) is 73.3 cm³/mol. The third-order valence-electron chi connectivity index (χ3n) is 3.54. The molecule has 2 heterocycles. The maximum atomic E-state index is 12.5. The second-order valence-electron chi connectivity index (χ2n) is 4.82. The van der Waals surface area contributed by atoms with Crippen LogP contribution in [-0.4, -0.2) is 31.9 Å². The first-order chi connectivity index (χ1) is 9.09. The van der Waals surface area contributed by atoms with Crippen LogP contribution in [0.5, 0.6) is 0 Å². The molecule has 1 N–H and O–H groups in total. The Morgan fingerprint density at radius 3 is 2.89 bits per heavy atom. The van der Waals surface area contributed by atoms with Crippen molar-refractivity contribution in [3.8, 4) is 0 Å². The fourth-order valence-corrected chi connectivity index (χ4v) is 4.19. The monoisotopic (exact) mass is 286 g/mol. The lowest BCUT2D eigenvalue weighted by molar-refractivity contribution is 0.347. The Balaban J connectivity index is 2.17. The Morgan fingerprint density at radius 1 is 1.42 bits per heavy atom. The molecule has 0 amide bonds. The Kier molecular flexibility index (Phi) is 4.65. The molecule has 1 aromatic heterocycles. The summed E-state index contributed by atoms with van der Waals surface area (Å²) in [4.78, 5) is 0. The van der Waals surface area contributed by atoms with E-state index in [1.165, 1.54) is 0 Å². The van der Waals surface area contributed by atoms with E-state index in [0.29, 0.717) is 18.8 Å². The summed E-state index contributed by atoms with van der Waals surface area (Å²) < 4.78 is 32.1. The maximum absolute atomic E-state index is 12.5. The third-order valence-corrected chi connectivity index (χ3v) is 5.37. The molecule has 0 spiro atoms. The van der Waals surface area contributed by atoms with Gasteiger partial charge in [0.25, 0.3) is 10.0 Å². The second kappa shape index (κ2) is 6.07. The summed E-state index contributed by atoms with van der Waals surface area (Å²) in [6.45, 7) is 6.01. The van der Waals surface area contributed by atoms with Crippen LogP contribution in [0.15, 0.2) is 21.6 Å². The molecule has 1 aromatic rings. The average Bonchev–Trinajstić information content (AvgIpc) is 3.05. The summed E-state index contributed by atoms with van der Waals surface area (Å²) in [6, 6.07) is 3.41. The summed E-state index contributed by atoms with van der Waals surface area (Å²) in [5, 5.41) is 3.19. The van der Waals surface area contributed by atoms with Gasteiger partial charge in [-0.05, 0) is 37.9 Å². The van der Waals surface area contributed by atoms with Crippen molar-refractivity contribution in [1.29, 1.82) is 0 Å². The van der Waals surface area contributed by atoms with Crippen molar-refractivity contribution < 1.29 is 12.8 Å². The van der Waals surface area contributed by atoms with Gasteiger partial charge in [-0.25, -0.2) is 8.42 Å². The van der Waals surface area contributed by atoms with Gasteiger partial charge in [-0.3, -0.25) is 0 Å². The molecule has 1 fully saturated rings. The smallest absolute Gasteiger partial charge is 0.276 e. The molecule has 1 saturated heterocycles. The highest BCUT2D eigenvalue weighted by atomic mass is 32.2. The fourth-order valence-electron chi connectivity index (χ4n) is 2.49. The van der Waals surface area contributed by atoms with Gasteiger partial charge >= 0.3 is 0 Å². The Bertz CT molecular complexity index is 510. The molecular weight excluding hydrogens is 264 g/mol. The number of rotatable bonds is 6. The van der Waals surface area contributed by atoms with Gasteiger partial charge in [-0.2, -0.15) is 4.31 Å². The maximum Gasteiger partial charge on any atom is 0.276 e. The van der Waals surface area contributed by atoms with Gasteiger partial charge in [0.1, 0.15) is 5.76 Å². The number of furan rings is 1. The van der Waals surface area contributed by atoms with E-state index >= 15 is 0 Å². The largest absolute Gasteiger partial charge is 0.447 e. The van der Waals surface area contributed by atoms with Crippen molar-refractivity contribution in [2.24, 2.45) is 0 Å². The molecule has 19 heavy (non-hydrogen) atoms. The highest BCUT2D eigenvalue weighted by Crippen LogP contribution is 2.28. The zero-order valence-corrected chi connectivity index (χ0v) is 12.4. The van der Waals surface area contributed by atoms with Crippen LogP contribution in [0.3, 0.4) is 0 Å². The van der Waals surface area contributed by atoms with Gasteiger partial charge < -0.3 is 9.73 Å². The van der Waals surface area contributed by atoms with Crippen LogP contribution < -0.4 is 5.32 Å². The molecule has 6 heteroatoms. The molecule has 2 rings (SSSR count). The molecule has 5 nitrogen and oxygen atoms in total. The van der Waals surface area contributed by atoms with Crippen molar-refractivity contribution in [2.45, 2.75) is 50.8 Å². The van der Waals surface area contributed by atoms with Gasteiger partial charge in [0.05, 0.1) is 6.54 Å². The molecule has 0 aliphatic carbocycles. The van der Waals surface area contributed by atoms with E-state index in [0.717, 1.165) is 25.8 Å².